The molecule has 122 valence electrons. The summed E-state index contributed by atoms with van der Waals surface area (Å²) in [5.41, 5.74) is 0.759. The number of rotatable bonds is 8. The topological polar surface area (TPSA) is 76.1 Å². The van der Waals surface area contributed by atoms with Gasteiger partial charge < -0.3 is 19.5 Å². The maximum absolute atomic E-state index is 12.2. The lowest BCUT2D eigenvalue weighted by Gasteiger charge is -2.22. The van der Waals surface area contributed by atoms with E-state index < -0.39 is 5.97 Å². The van der Waals surface area contributed by atoms with Crippen molar-refractivity contribution in [3.63, 3.8) is 0 Å². The molecule has 0 aliphatic carbocycles. The van der Waals surface area contributed by atoms with E-state index >= 15 is 0 Å². The van der Waals surface area contributed by atoms with Crippen molar-refractivity contribution in [3.05, 3.63) is 23.8 Å². The van der Waals surface area contributed by atoms with Crippen LogP contribution in [-0.4, -0.2) is 42.6 Å². The molecule has 0 aliphatic heterocycles. The van der Waals surface area contributed by atoms with Crippen LogP contribution in [0, 0.1) is 5.92 Å². The first-order chi connectivity index (χ1) is 10.3. The zero-order chi connectivity index (χ0) is 16.7. The molecule has 0 saturated heterocycles. The van der Waals surface area contributed by atoms with Gasteiger partial charge in [-0.3, -0.25) is 9.59 Å². The zero-order valence-electron chi connectivity index (χ0n) is 13.5. The summed E-state index contributed by atoms with van der Waals surface area (Å²) < 4.78 is 10.4. The van der Waals surface area contributed by atoms with Crippen LogP contribution in [0.5, 0.6) is 11.5 Å². The van der Waals surface area contributed by atoms with Crippen molar-refractivity contribution in [2.75, 3.05) is 20.8 Å². The molecular formula is C16H23NO5. The lowest BCUT2D eigenvalue weighted by molar-refractivity contribution is -0.145. The molecule has 0 aromatic heterocycles. The molecular weight excluding hydrogens is 286 g/mol. The summed E-state index contributed by atoms with van der Waals surface area (Å²) in [5, 5.41) is 9.00. The minimum Gasteiger partial charge on any atom is -0.497 e. The smallest absolute Gasteiger partial charge is 0.323 e. The highest BCUT2D eigenvalue weighted by atomic mass is 16.5. The highest BCUT2D eigenvalue weighted by Crippen LogP contribution is 2.23. The molecule has 22 heavy (non-hydrogen) atoms. The first-order valence-corrected chi connectivity index (χ1v) is 7.07. The third-order valence-electron chi connectivity index (χ3n) is 3.05. The van der Waals surface area contributed by atoms with E-state index in [9.17, 15) is 9.59 Å². The minimum atomic E-state index is -1.04. The number of aliphatic carboxylic acids is 1. The second-order valence-corrected chi connectivity index (χ2v) is 5.46. The highest BCUT2D eigenvalue weighted by Gasteiger charge is 2.18. The number of amides is 1. The molecule has 1 aromatic carbocycles. The SMILES string of the molecule is COc1cc(CN(CC(=O)O)C(=O)CC(C)C)cc(OC)c1. The average molecular weight is 309 g/mol. The lowest BCUT2D eigenvalue weighted by atomic mass is 10.1. The molecule has 0 atom stereocenters. The third-order valence-corrected chi connectivity index (χ3v) is 3.05. The number of hydrogen-bond acceptors (Lipinski definition) is 4. The van der Waals surface area contributed by atoms with Gasteiger partial charge in [0.15, 0.2) is 0 Å². The molecule has 0 bridgehead atoms. The van der Waals surface area contributed by atoms with Crippen LogP contribution in [0.3, 0.4) is 0 Å². The van der Waals surface area contributed by atoms with E-state index in [0.717, 1.165) is 5.56 Å². The standard InChI is InChI=1S/C16H23NO5/c1-11(2)5-15(18)17(10-16(19)20)9-12-6-13(21-3)8-14(7-12)22-4/h6-8,11H,5,9-10H2,1-4H3,(H,19,20). The number of carboxylic acids is 1. The van der Waals surface area contributed by atoms with Crippen LogP contribution in [0.25, 0.3) is 0 Å². The van der Waals surface area contributed by atoms with E-state index in [0.29, 0.717) is 17.9 Å². The Kier molecular flexibility index (Phi) is 6.69. The molecule has 0 aliphatic rings. The van der Waals surface area contributed by atoms with Crippen LogP contribution < -0.4 is 9.47 Å². The van der Waals surface area contributed by atoms with Gasteiger partial charge in [-0.05, 0) is 23.6 Å². The second-order valence-electron chi connectivity index (χ2n) is 5.46. The van der Waals surface area contributed by atoms with Gasteiger partial charge in [0.25, 0.3) is 0 Å². The Balaban J connectivity index is 2.97. The van der Waals surface area contributed by atoms with E-state index in [2.05, 4.69) is 0 Å². The van der Waals surface area contributed by atoms with Crippen molar-refractivity contribution in [1.29, 1.82) is 0 Å². The number of ether oxygens (including phenoxy) is 2. The molecule has 1 amide bonds. The Hall–Kier alpha value is -2.24. The van der Waals surface area contributed by atoms with Crippen LogP contribution in [-0.2, 0) is 16.1 Å². The number of nitrogens with zero attached hydrogens (tertiary/aromatic N) is 1. The van der Waals surface area contributed by atoms with Crippen LogP contribution >= 0.6 is 0 Å². The van der Waals surface area contributed by atoms with Crippen LogP contribution in [0.2, 0.25) is 0 Å². The Bertz CT molecular complexity index is 505. The first-order valence-electron chi connectivity index (χ1n) is 7.07. The fraction of sp³-hybridized carbons (Fsp3) is 0.500. The molecule has 0 unspecified atom stereocenters. The summed E-state index contributed by atoms with van der Waals surface area (Å²) in [4.78, 5) is 24.5. The Morgan fingerprint density at radius 1 is 1.14 bits per heavy atom. The highest BCUT2D eigenvalue weighted by molar-refractivity contribution is 5.81. The van der Waals surface area contributed by atoms with E-state index in [4.69, 9.17) is 14.6 Å². The van der Waals surface area contributed by atoms with Gasteiger partial charge in [-0.2, -0.15) is 0 Å². The van der Waals surface area contributed by atoms with Gasteiger partial charge in [0.1, 0.15) is 18.0 Å². The summed E-state index contributed by atoms with van der Waals surface area (Å²) in [7, 11) is 3.08. The Morgan fingerprint density at radius 3 is 2.09 bits per heavy atom. The van der Waals surface area contributed by atoms with Gasteiger partial charge in [-0.1, -0.05) is 13.8 Å². The quantitative estimate of drug-likeness (QED) is 0.796. The molecule has 6 nitrogen and oxygen atoms in total. The average Bonchev–Trinajstić information content (AvgIpc) is 2.44. The van der Waals surface area contributed by atoms with Crippen molar-refractivity contribution in [2.45, 2.75) is 26.8 Å². The van der Waals surface area contributed by atoms with E-state index in [1.807, 2.05) is 13.8 Å². The van der Waals surface area contributed by atoms with Crippen molar-refractivity contribution in [1.82, 2.24) is 4.90 Å². The molecule has 0 heterocycles. The largest absolute Gasteiger partial charge is 0.497 e. The summed E-state index contributed by atoms with van der Waals surface area (Å²) in [6.45, 7) is 3.72. The molecule has 6 heteroatoms. The maximum atomic E-state index is 12.2. The fourth-order valence-corrected chi connectivity index (χ4v) is 2.05. The zero-order valence-corrected chi connectivity index (χ0v) is 13.5. The van der Waals surface area contributed by atoms with E-state index in [1.54, 1.807) is 18.2 Å². The fourth-order valence-electron chi connectivity index (χ4n) is 2.05. The van der Waals surface area contributed by atoms with Crippen molar-refractivity contribution in [2.24, 2.45) is 5.92 Å². The Morgan fingerprint density at radius 2 is 1.68 bits per heavy atom. The number of hydrogen-bond donors (Lipinski definition) is 1. The molecule has 0 radical (unpaired) electrons. The normalized spacial score (nSPS) is 10.4. The number of benzene rings is 1. The van der Waals surface area contributed by atoms with Crippen molar-refractivity contribution in [3.8, 4) is 11.5 Å². The van der Waals surface area contributed by atoms with Crippen molar-refractivity contribution >= 4 is 11.9 Å². The number of carboxylic acid groups (broad SMARTS) is 1. The molecule has 1 N–H and O–H groups in total. The predicted octanol–water partition coefficient (Wildman–Crippen LogP) is 2.16. The second kappa shape index (κ2) is 8.26. The van der Waals surface area contributed by atoms with Gasteiger partial charge in [0.05, 0.1) is 14.2 Å². The van der Waals surface area contributed by atoms with Gasteiger partial charge in [-0.15, -0.1) is 0 Å². The molecule has 0 spiro atoms. The maximum Gasteiger partial charge on any atom is 0.323 e. The summed E-state index contributed by atoms with van der Waals surface area (Å²) >= 11 is 0. The molecule has 0 saturated carbocycles. The first kappa shape index (κ1) is 17.8. The van der Waals surface area contributed by atoms with Crippen LogP contribution in [0.4, 0.5) is 0 Å². The van der Waals surface area contributed by atoms with Gasteiger partial charge in [-0.25, -0.2) is 0 Å². The van der Waals surface area contributed by atoms with Gasteiger partial charge >= 0.3 is 5.97 Å². The third kappa shape index (κ3) is 5.63. The van der Waals surface area contributed by atoms with E-state index in [1.165, 1.54) is 19.1 Å². The van der Waals surface area contributed by atoms with Gasteiger partial charge in [0, 0.05) is 19.0 Å². The Labute approximate surface area is 130 Å². The molecule has 1 aromatic rings. The van der Waals surface area contributed by atoms with Crippen molar-refractivity contribution < 1.29 is 24.2 Å². The number of carbonyl (C=O) groups excluding carboxylic acids is 1. The monoisotopic (exact) mass is 309 g/mol. The van der Waals surface area contributed by atoms with Crippen LogP contribution in [0.15, 0.2) is 18.2 Å². The van der Waals surface area contributed by atoms with E-state index in [-0.39, 0.29) is 24.9 Å². The summed E-state index contributed by atoms with van der Waals surface area (Å²) in [6, 6.07) is 5.25. The summed E-state index contributed by atoms with van der Waals surface area (Å²) in [6.07, 6.45) is 0.314. The summed E-state index contributed by atoms with van der Waals surface area (Å²) in [5.74, 6) is 0.150. The minimum absolute atomic E-state index is 0.170. The molecule has 0 fully saturated rings. The molecule has 1 rings (SSSR count). The van der Waals surface area contributed by atoms with Gasteiger partial charge in [0.2, 0.25) is 5.91 Å². The predicted molar refractivity (Wildman–Crippen MR) is 82.1 cm³/mol. The number of methoxy groups -OCH3 is 2. The number of carbonyl (C=O) groups is 2. The van der Waals surface area contributed by atoms with Crippen LogP contribution in [0.1, 0.15) is 25.8 Å². The lowest BCUT2D eigenvalue weighted by Crippen LogP contribution is -2.35.